The van der Waals surface area contributed by atoms with E-state index < -0.39 is 0 Å². The molecule has 0 amide bonds. The number of ether oxygens (including phenoxy) is 1. The summed E-state index contributed by atoms with van der Waals surface area (Å²) in [6.07, 6.45) is 5.38. The normalized spacial score (nSPS) is 25.9. The molecule has 2 fully saturated rings. The molecule has 1 saturated heterocycles. The topological polar surface area (TPSA) is 45.0 Å². The molecule has 1 aromatic rings. The molecule has 3 nitrogen and oxygen atoms in total. The summed E-state index contributed by atoms with van der Waals surface area (Å²) in [5.41, 5.74) is 2.25. The third-order valence-electron chi connectivity index (χ3n) is 4.50. The van der Waals surface area contributed by atoms with E-state index in [1.807, 2.05) is 24.3 Å². The van der Waals surface area contributed by atoms with Crippen molar-refractivity contribution in [3.8, 4) is 6.07 Å². The molecular weight excluding hydrogens is 236 g/mol. The Hall–Kier alpha value is -1.37. The molecule has 1 N–H and O–H groups in total. The number of hydrogen-bond acceptors (Lipinski definition) is 3. The molecule has 19 heavy (non-hydrogen) atoms. The Morgan fingerprint density at radius 1 is 1.21 bits per heavy atom. The molecule has 0 aromatic heterocycles. The Bertz CT molecular complexity index is 469. The summed E-state index contributed by atoms with van der Waals surface area (Å²) >= 11 is 0. The molecule has 2 aliphatic rings. The number of hydrogen-bond donors (Lipinski definition) is 1. The second-order valence-electron chi connectivity index (χ2n) is 5.87. The summed E-state index contributed by atoms with van der Waals surface area (Å²) < 4.78 is 6.15. The van der Waals surface area contributed by atoms with Crippen LogP contribution in [0.25, 0.3) is 0 Å². The molecular formula is C16H20N2O. The van der Waals surface area contributed by atoms with Crippen LogP contribution in [0.15, 0.2) is 24.3 Å². The Labute approximate surface area is 114 Å². The average Bonchev–Trinajstić information content (AvgIpc) is 2.81. The van der Waals surface area contributed by atoms with Crippen LogP contribution in [0.5, 0.6) is 0 Å². The molecule has 100 valence electrons. The maximum atomic E-state index is 8.83. The van der Waals surface area contributed by atoms with E-state index in [1.165, 1.54) is 31.2 Å². The lowest BCUT2D eigenvalue weighted by molar-refractivity contribution is 0.0158. The first-order valence-corrected chi connectivity index (χ1v) is 7.14. The van der Waals surface area contributed by atoms with Gasteiger partial charge in [-0.2, -0.15) is 5.26 Å². The molecule has 0 radical (unpaired) electrons. The average molecular weight is 256 g/mol. The molecule has 1 unspecified atom stereocenters. The summed E-state index contributed by atoms with van der Waals surface area (Å²) in [6.45, 7) is 2.82. The van der Waals surface area contributed by atoms with Gasteiger partial charge in [-0.25, -0.2) is 0 Å². The summed E-state index contributed by atoms with van der Waals surface area (Å²) in [4.78, 5) is 0. The van der Waals surface area contributed by atoms with Gasteiger partial charge >= 0.3 is 0 Å². The zero-order chi connectivity index (χ0) is 13.1. The van der Waals surface area contributed by atoms with Crippen molar-refractivity contribution < 1.29 is 4.74 Å². The van der Waals surface area contributed by atoms with E-state index in [0.717, 1.165) is 19.7 Å². The van der Waals surface area contributed by atoms with Gasteiger partial charge in [0, 0.05) is 18.5 Å². The van der Waals surface area contributed by atoms with Crippen molar-refractivity contribution in [2.45, 2.75) is 31.8 Å². The van der Waals surface area contributed by atoms with Crippen LogP contribution >= 0.6 is 0 Å². The standard InChI is InChI=1S/C16H20N2O/c17-9-13-3-5-14(6-4-13)15-10-18-11-16(12-19-15)7-1-2-8-16/h3-6,15,18H,1-2,7-8,10-12H2. The van der Waals surface area contributed by atoms with E-state index in [0.29, 0.717) is 11.0 Å². The summed E-state index contributed by atoms with van der Waals surface area (Å²) in [6, 6.07) is 9.92. The lowest BCUT2D eigenvalue weighted by Crippen LogP contribution is -2.32. The van der Waals surface area contributed by atoms with Crippen LogP contribution in [0.4, 0.5) is 0 Å². The van der Waals surface area contributed by atoms with Gasteiger partial charge in [0.05, 0.1) is 24.3 Å². The van der Waals surface area contributed by atoms with Gasteiger partial charge in [0.2, 0.25) is 0 Å². The van der Waals surface area contributed by atoms with Crippen molar-refractivity contribution in [2.24, 2.45) is 5.41 Å². The molecule has 1 spiro atoms. The Morgan fingerprint density at radius 2 is 1.95 bits per heavy atom. The first-order valence-electron chi connectivity index (χ1n) is 7.14. The van der Waals surface area contributed by atoms with E-state index >= 15 is 0 Å². The van der Waals surface area contributed by atoms with Crippen molar-refractivity contribution in [1.29, 1.82) is 5.26 Å². The van der Waals surface area contributed by atoms with Crippen molar-refractivity contribution in [3.63, 3.8) is 0 Å². The van der Waals surface area contributed by atoms with Gasteiger partial charge in [-0.15, -0.1) is 0 Å². The Kier molecular flexibility index (Phi) is 3.54. The predicted molar refractivity (Wildman–Crippen MR) is 73.6 cm³/mol. The SMILES string of the molecule is N#Cc1ccc(C2CNCC3(CCCC3)CO2)cc1. The van der Waals surface area contributed by atoms with Crippen LogP contribution in [0.1, 0.15) is 42.9 Å². The van der Waals surface area contributed by atoms with Gasteiger partial charge in [0.15, 0.2) is 0 Å². The second-order valence-corrected chi connectivity index (χ2v) is 5.87. The zero-order valence-electron chi connectivity index (χ0n) is 11.2. The largest absolute Gasteiger partial charge is 0.372 e. The number of nitrogens with one attached hydrogen (secondary N) is 1. The quantitative estimate of drug-likeness (QED) is 0.840. The first-order chi connectivity index (χ1) is 9.31. The number of nitriles is 1. The van der Waals surface area contributed by atoms with E-state index in [4.69, 9.17) is 10.00 Å². The van der Waals surface area contributed by atoms with Gasteiger partial charge in [0.1, 0.15) is 0 Å². The fraction of sp³-hybridized carbons (Fsp3) is 0.562. The van der Waals surface area contributed by atoms with E-state index in [1.54, 1.807) is 0 Å². The fourth-order valence-corrected chi connectivity index (χ4v) is 3.29. The predicted octanol–water partition coefficient (Wildman–Crippen LogP) is 2.78. The van der Waals surface area contributed by atoms with Crippen molar-refractivity contribution in [2.75, 3.05) is 19.7 Å². The number of benzene rings is 1. The van der Waals surface area contributed by atoms with Gasteiger partial charge in [-0.05, 0) is 30.5 Å². The van der Waals surface area contributed by atoms with E-state index in [9.17, 15) is 0 Å². The number of rotatable bonds is 1. The molecule has 1 aliphatic heterocycles. The van der Waals surface area contributed by atoms with Gasteiger partial charge in [0.25, 0.3) is 0 Å². The van der Waals surface area contributed by atoms with Crippen molar-refractivity contribution in [1.82, 2.24) is 5.32 Å². The minimum atomic E-state index is 0.118. The Morgan fingerprint density at radius 3 is 2.63 bits per heavy atom. The summed E-state index contributed by atoms with van der Waals surface area (Å²) in [5.74, 6) is 0. The highest BCUT2D eigenvalue weighted by Crippen LogP contribution is 2.40. The maximum absolute atomic E-state index is 8.83. The maximum Gasteiger partial charge on any atom is 0.0991 e. The first kappa shape index (κ1) is 12.7. The van der Waals surface area contributed by atoms with Crippen molar-refractivity contribution >= 4 is 0 Å². The highest BCUT2D eigenvalue weighted by molar-refractivity contribution is 5.32. The van der Waals surface area contributed by atoms with Crippen LogP contribution in [-0.2, 0) is 4.74 Å². The molecule has 1 aliphatic carbocycles. The molecule has 0 bridgehead atoms. The molecule has 1 heterocycles. The van der Waals surface area contributed by atoms with Gasteiger partial charge < -0.3 is 10.1 Å². The van der Waals surface area contributed by atoms with Crippen LogP contribution in [0.2, 0.25) is 0 Å². The summed E-state index contributed by atoms with van der Waals surface area (Å²) in [5, 5.41) is 12.4. The van der Waals surface area contributed by atoms with Crippen LogP contribution in [0.3, 0.4) is 0 Å². The second kappa shape index (κ2) is 5.32. The molecule has 1 atom stereocenters. The lowest BCUT2D eigenvalue weighted by Gasteiger charge is -2.26. The highest BCUT2D eigenvalue weighted by atomic mass is 16.5. The molecule has 1 saturated carbocycles. The zero-order valence-corrected chi connectivity index (χ0v) is 11.2. The van der Waals surface area contributed by atoms with Crippen LogP contribution in [0, 0.1) is 16.7 Å². The fourth-order valence-electron chi connectivity index (χ4n) is 3.29. The highest BCUT2D eigenvalue weighted by Gasteiger charge is 2.36. The van der Waals surface area contributed by atoms with E-state index in [-0.39, 0.29) is 6.10 Å². The van der Waals surface area contributed by atoms with Crippen LogP contribution < -0.4 is 5.32 Å². The molecule has 3 heteroatoms. The molecule has 1 aromatic carbocycles. The smallest absolute Gasteiger partial charge is 0.0991 e. The number of nitrogens with zero attached hydrogens (tertiary/aromatic N) is 1. The van der Waals surface area contributed by atoms with Crippen molar-refractivity contribution in [3.05, 3.63) is 35.4 Å². The lowest BCUT2D eigenvalue weighted by atomic mass is 9.87. The third-order valence-corrected chi connectivity index (χ3v) is 4.50. The monoisotopic (exact) mass is 256 g/mol. The minimum Gasteiger partial charge on any atom is -0.372 e. The van der Waals surface area contributed by atoms with Gasteiger partial charge in [-0.3, -0.25) is 0 Å². The minimum absolute atomic E-state index is 0.118. The summed E-state index contributed by atoms with van der Waals surface area (Å²) in [7, 11) is 0. The van der Waals surface area contributed by atoms with Crippen LogP contribution in [-0.4, -0.2) is 19.7 Å². The third kappa shape index (κ3) is 2.65. The Balaban J connectivity index is 1.70. The van der Waals surface area contributed by atoms with Gasteiger partial charge in [-0.1, -0.05) is 25.0 Å². The van der Waals surface area contributed by atoms with E-state index in [2.05, 4.69) is 11.4 Å². The molecule has 3 rings (SSSR count).